The monoisotopic (exact) mass is 292 g/mol. The van der Waals surface area contributed by atoms with Gasteiger partial charge >= 0.3 is 5.97 Å². The molecule has 1 saturated carbocycles. The smallest absolute Gasteiger partial charge is 0.306 e. The van der Waals surface area contributed by atoms with E-state index in [1.165, 1.54) is 6.07 Å². The minimum Gasteiger partial charge on any atom is -0.481 e. The molecule has 0 spiro atoms. The molecule has 2 rings (SSSR count). The Hall–Kier alpha value is -2.11. The van der Waals surface area contributed by atoms with Gasteiger partial charge in [0.2, 0.25) is 0 Å². The second-order valence-corrected chi connectivity index (χ2v) is 5.69. The highest BCUT2D eigenvalue weighted by molar-refractivity contribution is 5.70. The minimum atomic E-state index is -0.698. The number of hydrogen-bond acceptors (Lipinski definition) is 4. The Labute approximate surface area is 123 Å². The van der Waals surface area contributed by atoms with E-state index in [2.05, 4.69) is 5.32 Å². The molecule has 6 heteroatoms. The standard InChI is InChI=1S/C15H20N2O4/c1-10-2-7-13(17(20)21)8-14(10)16-9-11-3-5-12(6-4-11)15(18)19/h2,7-8,11-12,16H,3-6,9H2,1H3,(H,18,19). The van der Waals surface area contributed by atoms with Crippen molar-refractivity contribution in [2.75, 3.05) is 11.9 Å². The third-order valence-electron chi connectivity index (χ3n) is 4.21. The van der Waals surface area contributed by atoms with E-state index in [-0.39, 0.29) is 11.6 Å². The van der Waals surface area contributed by atoms with E-state index in [0.717, 1.165) is 43.5 Å². The Balaban J connectivity index is 1.90. The van der Waals surface area contributed by atoms with Crippen molar-refractivity contribution in [2.24, 2.45) is 11.8 Å². The fraction of sp³-hybridized carbons (Fsp3) is 0.533. The number of nitrogens with zero attached hydrogens (tertiary/aromatic N) is 1. The fourth-order valence-electron chi connectivity index (χ4n) is 2.78. The third-order valence-corrected chi connectivity index (χ3v) is 4.21. The van der Waals surface area contributed by atoms with Gasteiger partial charge in [0, 0.05) is 24.4 Å². The van der Waals surface area contributed by atoms with Crippen LogP contribution in [0.15, 0.2) is 18.2 Å². The number of rotatable bonds is 5. The molecule has 0 bridgehead atoms. The van der Waals surface area contributed by atoms with Crippen molar-refractivity contribution < 1.29 is 14.8 Å². The van der Waals surface area contributed by atoms with Crippen LogP contribution in [0, 0.1) is 28.9 Å². The molecule has 0 heterocycles. The zero-order valence-corrected chi connectivity index (χ0v) is 12.0. The van der Waals surface area contributed by atoms with Gasteiger partial charge in [-0.05, 0) is 44.1 Å². The summed E-state index contributed by atoms with van der Waals surface area (Å²) in [6.07, 6.45) is 3.21. The van der Waals surface area contributed by atoms with E-state index in [0.29, 0.717) is 5.92 Å². The fourth-order valence-corrected chi connectivity index (χ4v) is 2.78. The lowest BCUT2D eigenvalue weighted by atomic mass is 9.82. The molecule has 1 aromatic rings. The summed E-state index contributed by atoms with van der Waals surface area (Å²) in [4.78, 5) is 21.3. The van der Waals surface area contributed by atoms with E-state index in [9.17, 15) is 14.9 Å². The van der Waals surface area contributed by atoms with Crippen LogP contribution in [0.1, 0.15) is 31.2 Å². The molecule has 21 heavy (non-hydrogen) atoms. The Morgan fingerprint density at radius 3 is 2.62 bits per heavy atom. The van der Waals surface area contributed by atoms with Gasteiger partial charge in [-0.25, -0.2) is 0 Å². The van der Waals surface area contributed by atoms with Crippen LogP contribution in [0.5, 0.6) is 0 Å². The van der Waals surface area contributed by atoms with Crippen molar-refractivity contribution >= 4 is 17.3 Å². The van der Waals surface area contributed by atoms with E-state index >= 15 is 0 Å². The molecule has 1 aliphatic rings. The van der Waals surface area contributed by atoms with Gasteiger partial charge in [-0.1, -0.05) is 6.07 Å². The van der Waals surface area contributed by atoms with Crippen LogP contribution in [-0.4, -0.2) is 22.5 Å². The number of carboxylic acids is 1. The summed E-state index contributed by atoms with van der Waals surface area (Å²) >= 11 is 0. The molecule has 0 amide bonds. The highest BCUT2D eigenvalue weighted by atomic mass is 16.6. The number of nitrogens with one attached hydrogen (secondary N) is 1. The molecule has 2 N–H and O–H groups in total. The van der Waals surface area contributed by atoms with E-state index in [1.807, 2.05) is 6.92 Å². The number of anilines is 1. The van der Waals surface area contributed by atoms with Crippen LogP contribution in [0.2, 0.25) is 0 Å². The van der Waals surface area contributed by atoms with E-state index < -0.39 is 10.9 Å². The van der Waals surface area contributed by atoms with Crippen molar-refractivity contribution in [2.45, 2.75) is 32.6 Å². The summed E-state index contributed by atoms with van der Waals surface area (Å²) in [5, 5.41) is 23.0. The first-order chi connectivity index (χ1) is 9.97. The SMILES string of the molecule is Cc1ccc([N+](=O)[O-])cc1NCC1CCC(C(=O)O)CC1. The number of non-ortho nitro benzene ring substituents is 1. The van der Waals surface area contributed by atoms with Crippen LogP contribution in [0.25, 0.3) is 0 Å². The average Bonchev–Trinajstić information content (AvgIpc) is 2.46. The molecule has 1 aliphatic carbocycles. The number of benzene rings is 1. The first-order valence-electron chi connectivity index (χ1n) is 7.19. The molecule has 1 fully saturated rings. The van der Waals surface area contributed by atoms with Gasteiger partial charge in [0.1, 0.15) is 0 Å². The number of carbonyl (C=O) groups is 1. The molecule has 0 unspecified atom stereocenters. The maximum absolute atomic E-state index is 10.9. The quantitative estimate of drug-likeness (QED) is 0.642. The van der Waals surface area contributed by atoms with Gasteiger partial charge in [-0.2, -0.15) is 0 Å². The molecule has 0 saturated heterocycles. The zero-order chi connectivity index (χ0) is 15.4. The van der Waals surface area contributed by atoms with Gasteiger partial charge in [-0.15, -0.1) is 0 Å². The molecular weight excluding hydrogens is 272 g/mol. The van der Waals surface area contributed by atoms with Crippen molar-refractivity contribution in [3.63, 3.8) is 0 Å². The van der Waals surface area contributed by atoms with Crippen molar-refractivity contribution in [3.05, 3.63) is 33.9 Å². The first-order valence-corrected chi connectivity index (χ1v) is 7.19. The molecule has 1 aromatic carbocycles. The molecule has 0 radical (unpaired) electrons. The largest absolute Gasteiger partial charge is 0.481 e. The number of aliphatic carboxylic acids is 1. The summed E-state index contributed by atoms with van der Waals surface area (Å²) in [6, 6.07) is 4.79. The summed E-state index contributed by atoms with van der Waals surface area (Å²) in [7, 11) is 0. The van der Waals surface area contributed by atoms with Crippen LogP contribution in [-0.2, 0) is 4.79 Å². The maximum atomic E-state index is 10.9. The van der Waals surface area contributed by atoms with Gasteiger partial charge in [0.15, 0.2) is 0 Å². The Bertz CT molecular complexity index is 536. The van der Waals surface area contributed by atoms with Crippen molar-refractivity contribution in [1.82, 2.24) is 0 Å². The first kappa shape index (κ1) is 15.3. The average molecular weight is 292 g/mol. The maximum Gasteiger partial charge on any atom is 0.306 e. The predicted octanol–water partition coefficient (Wildman–Crippen LogP) is 3.21. The number of carboxylic acid groups (broad SMARTS) is 1. The second kappa shape index (κ2) is 6.56. The van der Waals surface area contributed by atoms with Crippen LogP contribution < -0.4 is 5.32 Å². The lowest BCUT2D eigenvalue weighted by Gasteiger charge is -2.26. The highest BCUT2D eigenvalue weighted by Crippen LogP contribution is 2.30. The van der Waals surface area contributed by atoms with Gasteiger partial charge in [0.25, 0.3) is 5.69 Å². The molecular formula is C15H20N2O4. The molecule has 0 atom stereocenters. The second-order valence-electron chi connectivity index (χ2n) is 5.69. The Kier molecular flexibility index (Phi) is 4.77. The summed E-state index contributed by atoms with van der Waals surface area (Å²) in [5.74, 6) is -0.476. The van der Waals surface area contributed by atoms with Crippen molar-refractivity contribution in [1.29, 1.82) is 0 Å². The number of aryl methyl sites for hydroxylation is 1. The normalized spacial score (nSPS) is 21.8. The predicted molar refractivity (Wildman–Crippen MR) is 79.4 cm³/mol. The molecule has 114 valence electrons. The number of hydrogen-bond donors (Lipinski definition) is 2. The summed E-state index contributed by atoms with van der Waals surface area (Å²) in [5.41, 5.74) is 1.84. The van der Waals surface area contributed by atoms with Crippen LogP contribution in [0.4, 0.5) is 11.4 Å². The molecule has 0 aromatic heterocycles. The topological polar surface area (TPSA) is 92.5 Å². The van der Waals surface area contributed by atoms with E-state index in [1.54, 1.807) is 12.1 Å². The molecule has 6 nitrogen and oxygen atoms in total. The number of nitro benzene ring substituents is 1. The van der Waals surface area contributed by atoms with E-state index in [4.69, 9.17) is 5.11 Å². The van der Waals surface area contributed by atoms with Crippen LogP contribution in [0.3, 0.4) is 0 Å². The highest BCUT2D eigenvalue weighted by Gasteiger charge is 2.25. The van der Waals surface area contributed by atoms with Crippen LogP contribution >= 0.6 is 0 Å². The minimum absolute atomic E-state index is 0.0812. The Morgan fingerprint density at radius 1 is 1.38 bits per heavy atom. The van der Waals surface area contributed by atoms with Crippen molar-refractivity contribution in [3.8, 4) is 0 Å². The van der Waals surface area contributed by atoms with Gasteiger partial charge in [-0.3, -0.25) is 14.9 Å². The summed E-state index contributed by atoms with van der Waals surface area (Å²) < 4.78 is 0. The Morgan fingerprint density at radius 2 is 2.05 bits per heavy atom. The lowest BCUT2D eigenvalue weighted by molar-refractivity contribution is -0.384. The lowest BCUT2D eigenvalue weighted by Crippen LogP contribution is -2.25. The summed E-state index contributed by atoms with van der Waals surface area (Å²) in [6.45, 7) is 2.64. The zero-order valence-electron chi connectivity index (χ0n) is 12.0. The number of nitro groups is 1. The van der Waals surface area contributed by atoms with Gasteiger partial charge < -0.3 is 10.4 Å². The third kappa shape index (κ3) is 3.93. The van der Waals surface area contributed by atoms with Gasteiger partial charge in [0.05, 0.1) is 10.8 Å². The molecule has 0 aliphatic heterocycles.